The quantitative estimate of drug-likeness (QED) is 0.870. The summed E-state index contributed by atoms with van der Waals surface area (Å²) in [6, 6.07) is 4.23. The van der Waals surface area contributed by atoms with E-state index in [1.165, 1.54) is 12.1 Å². The zero-order valence-corrected chi connectivity index (χ0v) is 10.8. The molecule has 0 radical (unpaired) electrons. The van der Waals surface area contributed by atoms with E-state index in [9.17, 15) is 9.18 Å². The van der Waals surface area contributed by atoms with Crippen molar-refractivity contribution in [2.75, 3.05) is 6.54 Å². The highest BCUT2D eigenvalue weighted by molar-refractivity contribution is 5.95. The molecule has 1 unspecified atom stereocenters. The molecule has 0 fully saturated rings. The van der Waals surface area contributed by atoms with Crippen LogP contribution in [0.25, 0.3) is 0 Å². The Morgan fingerprint density at radius 1 is 1.53 bits per heavy atom. The van der Waals surface area contributed by atoms with E-state index in [0.717, 1.165) is 5.56 Å². The fourth-order valence-corrected chi connectivity index (χ4v) is 1.35. The highest BCUT2D eigenvalue weighted by atomic mass is 35.5. The zero-order chi connectivity index (χ0) is 12.1. The maximum Gasteiger partial charge on any atom is 0.251 e. The van der Waals surface area contributed by atoms with Crippen LogP contribution < -0.4 is 11.1 Å². The number of nitrogens with two attached hydrogens (primary N) is 1. The average molecular weight is 261 g/mol. The predicted molar refractivity (Wildman–Crippen MR) is 69.0 cm³/mol. The van der Waals surface area contributed by atoms with Crippen molar-refractivity contribution in [2.45, 2.75) is 26.3 Å². The number of rotatable bonds is 4. The minimum absolute atomic E-state index is 0. The third-order valence-corrected chi connectivity index (χ3v) is 2.33. The van der Waals surface area contributed by atoms with Gasteiger partial charge in [0.15, 0.2) is 0 Å². The standard InChI is InChI=1S/C12H17FN2O.ClH/c1-8-3-4-10(13)7-11(8)12(16)15-6-5-9(2)14;/h3-4,7,9H,5-6,14H2,1-2H3,(H,15,16);1H. The van der Waals surface area contributed by atoms with E-state index in [2.05, 4.69) is 5.32 Å². The summed E-state index contributed by atoms with van der Waals surface area (Å²) in [4.78, 5) is 11.7. The molecule has 0 aliphatic rings. The van der Waals surface area contributed by atoms with Gasteiger partial charge in [-0.1, -0.05) is 6.07 Å². The summed E-state index contributed by atoms with van der Waals surface area (Å²) in [6.45, 7) is 4.16. The Bertz CT molecular complexity index is 383. The van der Waals surface area contributed by atoms with E-state index in [0.29, 0.717) is 18.5 Å². The maximum absolute atomic E-state index is 13.0. The summed E-state index contributed by atoms with van der Waals surface area (Å²) in [6.07, 6.45) is 0.708. The molecule has 0 spiro atoms. The summed E-state index contributed by atoms with van der Waals surface area (Å²) in [5.74, 6) is -0.652. The van der Waals surface area contributed by atoms with Crippen LogP contribution in [0.4, 0.5) is 4.39 Å². The van der Waals surface area contributed by atoms with Crippen molar-refractivity contribution in [2.24, 2.45) is 5.73 Å². The second-order valence-corrected chi connectivity index (χ2v) is 3.98. The summed E-state index contributed by atoms with van der Waals surface area (Å²) >= 11 is 0. The number of benzene rings is 1. The summed E-state index contributed by atoms with van der Waals surface area (Å²) in [7, 11) is 0. The van der Waals surface area contributed by atoms with Gasteiger partial charge in [-0.25, -0.2) is 4.39 Å². The van der Waals surface area contributed by atoms with Crippen molar-refractivity contribution in [1.82, 2.24) is 5.32 Å². The van der Waals surface area contributed by atoms with Crippen molar-refractivity contribution in [3.8, 4) is 0 Å². The maximum atomic E-state index is 13.0. The Balaban J connectivity index is 0.00000256. The second-order valence-electron chi connectivity index (χ2n) is 3.98. The van der Waals surface area contributed by atoms with Gasteiger partial charge < -0.3 is 11.1 Å². The number of halogens is 2. The smallest absolute Gasteiger partial charge is 0.251 e. The molecule has 0 saturated carbocycles. The van der Waals surface area contributed by atoms with Gasteiger partial charge in [0, 0.05) is 18.2 Å². The van der Waals surface area contributed by atoms with E-state index in [1.54, 1.807) is 13.0 Å². The van der Waals surface area contributed by atoms with E-state index >= 15 is 0 Å². The first-order chi connectivity index (χ1) is 7.50. The van der Waals surface area contributed by atoms with E-state index in [4.69, 9.17) is 5.73 Å². The molecule has 1 amide bonds. The molecular formula is C12H18ClFN2O. The van der Waals surface area contributed by atoms with Crippen LogP contribution >= 0.6 is 12.4 Å². The zero-order valence-electron chi connectivity index (χ0n) is 10.00. The molecular weight excluding hydrogens is 243 g/mol. The molecule has 96 valence electrons. The Morgan fingerprint density at radius 2 is 2.18 bits per heavy atom. The number of aryl methyl sites for hydroxylation is 1. The van der Waals surface area contributed by atoms with Crippen LogP contribution in [0.15, 0.2) is 18.2 Å². The number of carbonyl (C=O) groups excluding carboxylic acids is 1. The second kappa shape index (κ2) is 7.25. The van der Waals surface area contributed by atoms with Crippen LogP contribution in [-0.2, 0) is 0 Å². The van der Waals surface area contributed by atoms with Crippen LogP contribution in [0.3, 0.4) is 0 Å². The van der Waals surface area contributed by atoms with Gasteiger partial charge in [0.2, 0.25) is 0 Å². The third kappa shape index (κ3) is 5.15. The van der Waals surface area contributed by atoms with Gasteiger partial charge in [-0.15, -0.1) is 12.4 Å². The average Bonchev–Trinajstić information content (AvgIpc) is 2.21. The Morgan fingerprint density at radius 3 is 2.76 bits per heavy atom. The fourth-order valence-electron chi connectivity index (χ4n) is 1.35. The van der Waals surface area contributed by atoms with E-state index < -0.39 is 5.82 Å². The lowest BCUT2D eigenvalue weighted by molar-refractivity contribution is 0.0951. The van der Waals surface area contributed by atoms with Crippen molar-refractivity contribution >= 4 is 18.3 Å². The molecule has 3 N–H and O–H groups in total. The third-order valence-electron chi connectivity index (χ3n) is 2.33. The van der Waals surface area contributed by atoms with Crippen molar-refractivity contribution < 1.29 is 9.18 Å². The lowest BCUT2D eigenvalue weighted by Crippen LogP contribution is -2.29. The van der Waals surface area contributed by atoms with Gasteiger partial charge in [-0.05, 0) is 38.0 Å². The van der Waals surface area contributed by atoms with Gasteiger partial charge in [-0.2, -0.15) is 0 Å². The molecule has 0 aliphatic heterocycles. The number of amides is 1. The molecule has 17 heavy (non-hydrogen) atoms. The molecule has 3 nitrogen and oxygen atoms in total. The van der Waals surface area contributed by atoms with Crippen LogP contribution in [0, 0.1) is 12.7 Å². The topological polar surface area (TPSA) is 55.1 Å². The van der Waals surface area contributed by atoms with Gasteiger partial charge in [0.1, 0.15) is 5.82 Å². The Kier molecular flexibility index (Phi) is 6.76. The van der Waals surface area contributed by atoms with Gasteiger partial charge in [0.05, 0.1) is 0 Å². The van der Waals surface area contributed by atoms with Crippen LogP contribution in [0.1, 0.15) is 29.3 Å². The van der Waals surface area contributed by atoms with Crippen molar-refractivity contribution in [3.05, 3.63) is 35.1 Å². The Labute approximate surface area is 107 Å². The highest BCUT2D eigenvalue weighted by Gasteiger charge is 2.09. The minimum atomic E-state index is -0.400. The number of hydrogen-bond acceptors (Lipinski definition) is 2. The number of hydrogen-bond donors (Lipinski definition) is 2. The highest BCUT2D eigenvalue weighted by Crippen LogP contribution is 2.09. The van der Waals surface area contributed by atoms with Gasteiger partial charge >= 0.3 is 0 Å². The molecule has 0 bridgehead atoms. The first kappa shape index (κ1) is 15.9. The van der Waals surface area contributed by atoms with Gasteiger partial charge in [0.25, 0.3) is 5.91 Å². The van der Waals surface area contributed by atoms with Crippen LogP contribution in [0.2, 0.25) is 0 Å². The summed E-state index contributed by atoms with van der Waals surface area (Å²) < 4.78 is 13.0. The number of nitrogens with one attached hydrogen (secondary N) is 1. The molecule has 0 saturated heterocycles. The molecule has 0 aromatic heterocycles. The van der Waals surface area contributed by atoms with Crippen molar-refractivity contribution in [1.29, 1.82) is 0 Å². The number of carbonyl (C=O) groups is 1. The molecule has 1 atom stereocenters. The first-order valence-electron chi connectivity index (χ1n) is 5.30. The SMILES string of the molecule is Cc1ccc(F)cc1C(=O)NCCC(C)N.Cl. The summed E-state index contributed by atoms with van der Waals surface area (Å²) in [5, 5.41) is 2.71. The Hall–Kier alpha value is -1.13. The predicted octanol–water partition coefficient (Wildman–Crippen LogP) is 2.02. The lowest BCUT2D eigenvalue weighted by Gasteiger charge is -2.09. The van der Waals surface area contributed by atoms with Crippen molar-refractivity contribution in [3.63, 3.8) is 0 Å². The normalized spacial score (nSPS) is 11.5. The van der Waals surface area contributed by atoms with E-state index in [1.807, 2.05) is 6.92 Å². The summed E-state index contributed by atoms with van der Waals surface area (Å²) in [5.41, 5.74) is 6.70. The lowest BCUT2D eigenvalue weighted by atomic mass is 10.1. The van der Waals surface area contributed by atoms with E-state index in [-0.39, 0.29) is 24.4 Å². The molecule has 0 aliphatic carbocycles. The first-order valence-corrected chi connectivity index (χ1v) is 5.30. The molecule has 0 heterocycles. The molecule has 1 rings (SSSR count). The molecule has 1 aromatic carbocycles. The molecule has 5 heteroatoms. The van der Waals surface area contributed by atoms with Gasteiger partial charge in [-0.3, -0.25) is 4.79 Å². The molecule has 1 aromatic rings. The monoisotopic (exact) mass is 260 g/mol. The fraction of sp³-hybridized carbons (Fsp3) is 0.417. The van der Waals surface area contributed by atoms with Crippen LogP contribution in [-0.4, -0.2) is 18.5 Å². The largest absolute Gasteiger partial charge is 0.352 e. The van der Waals surface area contributed by atoms with Crippen LogP contribution in [0.5, 0.6) is 0 Å². The minimum Gasteiger partial charge on any atom is -0.352 e.